The summed E-state index contributed by atoms with van der Waals surface area (Å²) in [6.45, 7) is 0. The van der Waals surface area contributed by atoms with Crippen LogP contribution in [-0.2, 0) is 0 Å². The molecule has 1 fully saturated rings. The fourth-order valence-corrected chi connectivity index (χ4v) is 3.19. The molecule has 22 heavy (non-hydrogen) atoms. The fourth-order valence-electron chi connectivity index (χ4n) is 2.65. The molecule has 1 aliphatic rings. The molecule has 0 unspecified atom stereocenters. The minimum absolute atomic E-state index is 0.0945. The van der Waals surface area contributed by atoms with E-state index in [-0.39, 0.29) is 5.91 Å². The number of carbonyl (C=O) groups excluding carboxylic acids is 1. The first-order chi connectivity index (χ1) is 10.7. The Bertz CT molecular complexity index is 648. The van der Waals surface area contributed by atoms with Crippen molar-refractivity contribution < 1.29 is 9.53 Å². The van der Waals surface area contributed by atoms with Crippen molar-refractivity contribution in [2.75, 3.05) is 5.32 Å². The summed E-state index contributed by atoms with van der Waals surface area (Å²) in [5.41, 5.74) is 1.45. The molecule has 0 aromatic heterocycles. The standard InChI is InChI=1S/C18H18INO2/c19-14-5-3-4-13(12-14)18(21)20-15-8-10-17(11-9-15)22-16-6-1-2-7-16/h3-5,8-12,16H,1-2,6-7H2,(H,20,21). The number of amides is 1. The Labute approximate surface area is 144 Å². The van der Waals surface area contributed by atoms with E-state index in [0.717, 1.165) is 27.8 Å². The summed E-state index contributed by atoms with van der Waals surface area (Å²) >= 11 is 2.20. The topological polar surface area (TPSA) is 38.3 Å². The third-order valence-electron chi connectivity index (χ3n) is 3.80. The number of halogens is 1. The molecule has 0 aliphatic heterocycles. The van der Waals surface area contributed by atoms with E-state index in [9.17, 15) is 4.79 Å². The number of hydrogen-bond acceptors (Lipinski definition) is 2. The highest BCUT2D eigenvalue weighted by molar-refractivity contribution is 14.1. The number of anilines is 1. The summed E-state index contributed by atoms with van der Waals surface area (Å²) < 4.78 is 6.97. The van der Waals surface area contributed by atoms with Crippen LogP contribution in [0.1, 0.15) is 36.0 Å². The molecule has 114 valence electrons. The molecule has 0 heterocycles. The fraction of sp³-hybridized carbons (Fsp3) is 0.278. The van der Waals surface area contributed by atoms with Crippen molar-refractivity contribution in [2.24, 2.45) is 0 Å². The summed E-state index contributed by atoms with van der Waals surface area (Å²) in [7, 11) is 0. The highest BCUT2D eigenvalue weighted by Crippen LogP contribution is 2.25. The third kappa shape index (κ3) is 4.00. The van der Waals surface area contributed by atoms with E-state index in [0.29, 0.717) is 11.7 Å². The largest absolute Gasteiger partial charge is 0.490 e. The maximum absolute atomic E-state index is 12.2. The van der Waals surface area contributed by atoms with E-state index in [1.807, 2.05) is 48.5 Å². The number of ether oxygens (including phenoxy) is 1. The number of nitrogens with one attached hydrogen (secondary N) is 1. The van der Waals surface area contributed by atoms with Gasteiger partial charge >= 0.3 is 0 Å². The Balaban J connectivity index is 1.61. The molecule has 3 rings (SSSR count). The van der Waals surface area contributed by atoms with Crippen LogP contribution < -0.4 is 10.1 Å². The van der Waals surface area contributed by atoms with E-state index in [1.165, 1.54) is 12.8 Å². The van der Waals surface area contributed by atoms with E-state index in [2.05, 4.69) is 27.9 Å². The first kappa shape index (κ1) is 15.3. The molecule has 1 saturated carbocycles. The Morgan fingerprint density at radius 3 is 2.50 bits per heavy atom. The lowest BCUT2D eigenvalue weighted by Crippen LogP contribution is -2.12. The monoisotopic (exact) mass is 407 g/mol. The lowest BCUT2D eigenvalue weighted by molar-refractivity contribution is 0.102. The Hall–Kier alpha value is -1.56. The van der Waals surface area contributed by atoms with Crippen molar-refractivity contribution in [2.45, 2.75) is 31.8 Å². The van der Waals surface area contributed by atoms with Crippen molar-refractivity contribution in [1.82, 2.24) is 0 Å². The maximum atomic E-state index is 12.2. The number of hydrogen-bond donors (Lipinski definition) is 1. The molecule has 1 amide bonds. The van der Waals surface area contributed by atoms with Crippen molar-refractivity contribution in [3.63, 3.8) is 0 Å². The number of carbonyl (C=O) groups is 1. The number of benzene rings is 2. The second kappa shape index (κ2) is 7.13. The van der Waals surface area contributed by atoms with Gasteiger partial charge in [-0.3, -0.25) is 4.79 Å². The van der Waals surface area contributed by atoms with Gasteiger partial charge in [-0.25, -0.2) is 0 Å². The van der Waals surface area contributed by atoms with Crippen LogP contribution in [0.5, 0.6) is 5.75 Å². The van der Waals surface area contributed by atoms with Gasteiger partial charge in [0.1, 0.15) is 5.75 Å². The summed E-state index contributed by atoms with van der Waals surface area (Å²) in [5, 5.41) is 2.91. The lowest BCUT2D eigenvalue weighted by atomic mass is 10.2. The molecule has 1 aliphatic carbocycles. The summed E-state index contributed by atoms with van der Waals surface area (Å²) in [6.07, 6.45) is 5.16. The molecule has 0 atom stereocenters. The lowest BCUT2D eigenvalue weighted by Gasteiger charge is -2.13. The van der Waals surface area contributed by atoms with Crippen LogP contribution in [0.4, 0.5) is 5.69 Å². The summed E-state index contributed by atoms with van der Waals surface area (Å²) in [6, 6.07) is 15.1. The Morgan fingerprint density at radius 1 is 1.09 bits per heavy atom. The first-order valence-corrected chi connectivity index (χ1v) is 8.62. The third-order valence-corrected chi connectivity index (χ3v) is 4.47. The second-order valence-electron chi connectivity index (χ2n) is 5.51. The predicted molar refractivity (Wildman–Crippen MR) is 96.4 cm³/mol. The van der Waals surface area contributed by atoms with Crippen molar-refractivity contribution in [3.8, 4) is 5.75 Å². The molecule has 0 spiro atoms. The molecular formula is C18H18INO2. The van der Waals surface area contributed by atoms with Gasteiger partial charge in [0.05, 0.1) is 6.10 Å². The van der Waals surface area contributed by atoms with E-state index < -0.39 is 0 Å². The molecule has 0 radical (unpaired) electrons. The van der Waals surface area contributed by atoms with Gasteiger partial charge in [-0.05, 0) is 90.7 Å². The second-order valence-corrected chi connectivity index (χ2v) is 6.76. The molecule has 2 aromatic carbocycles. The Morgan fingerprint density at radius 2 is 1.82 bits per heavy atom. The minimum atomic E-state index is -0.0945. The van der Waals surface area contributed by atoms with Crippen molar-refractivity contribution >= 4 is 34.2 Å². The summed E-state index contributed by atoms with van der Waals surface area (Å²) in [5.74, 6) is 0.780. The zero-order valence-corrected chi connectivity index (χ0v) is 14.4. The highest BCUT2D eigenvalue weighted by atomic mass is 127. The van der Waals surface area contributed by atoms with Crippen LogP contribution in [0.2, 0.25) is 0 Å². The quantitative estimate of drug-likeness (QED) is 0.735. The van der Waals surface area contributed by atoms with E-state index >= 15 is 0 Å². The van der Waals surface area contributed by atoms with Gasteiger partial charge in [-0.15, -0.1) is 0 Å². The maximum Gasteiger partial charge on any atom is 0.255 e. The van der Waals surface area contributed by atoms with E-state index in [1.54, 1.807) is 0 Å². The van der Waals surface area contributed by atoms with Gasteiger partial charge in [0.25, 0.3) is 5.91 Å². The summed E-state index contributed by atoms with van der Waals surface area (Å²) in [4.78, 5) is 12.2. The van der Waals surface area contributed by atoms with Gasteiger partial charge in [-0.2, -0.15) is 0 Å². The molecule has 2 aromatic rings. The zero-order valence-electron chi connectivity index (χ0n) is 12.2. The van der Waals surface area contributed by atoms with Crippen LogP contribution in [0.15, 0.2) is 48.5 Å². The molecule has 3 nitrogen and oxygen atoms in total. The molecule has 0 bridgehead atoms. The van der Waals surface area contributed by atoms with Gasteiger partial charge in [0.2, 0.25) is 0 Å². The molecule has 1 N–H and O–H groups in total. The average molecular weight is 407 g/mol. The number of rotatable bonds is 4. The molecule has 4 heteroatoms. The highest BCUT2D eigenvalue weighted by Gasteiger charge is 2.16. The average Bonchev–Trinajstić information content (AvgIpc) is 3.02. The minimum Gasteiger partial charge on any atom is -0.490 e. The predicted octanol–water partition coefficient (Wildman–Crippen LogP) is 4.86. The SMILES string of the molecule is O=C(Nc1ccc(OC2CCCC2)cc1)c1cccc(I)c1. The molecular weight excluding hydrogens is 389 g/mol. The first-order valence-electron chi connectivity index (χ1n) is 7.54. The molecule has 0 saturated heterocycles. The van der Waals surface area contributed by atoms with Crippen molar-refractivity contribution in [3.05, 3.63) is 57.7 Å². The van der Waals surface area contributed by atoms with E-state index in [4.69, 9.17) is 4.74 Å². The Kier molecular flexibility index (Phi) is 4.97. The van der Waals surface area contributed by atoms with Crippen LogP contribution in [0, 0.1) is 3.57 Å². The van der Waals surface area contributed by atoms with Gasteiger partial charge in [0.15, 0.2) is 0 Å². The van der Waals surface area contributed by atoms with Crippen LogP contribution in [0.25, 0.3) is 0 Å². The van der Waals surface area contributed by atoms with Gasteiger partial charge < -0.3 is 10.1 Å². The van der Waals surface area contributed by atoms with Gasteiger partial charge in [-0.1, -0.05) is 6.07 Å². The van der Waals surface area contributed by atoms with Crippen LogP contribution in [0.3, 0.4) is 0 Å². The van der Waals surface area contributed by atoms with Crippen LogP contribution in [-0.4, -0.2) is 12.0 Å². The zero-order chi connectivity index (χ0) is 15.4. The van der Waals surface area contributed by atoms with Gasteiger partial charge in [0, 0.05) is 14.8 Å². The van der Waals surface area contributed by atoms with Crippen LogP contribution >= 0.6 is 22.6 Å². The smallest absolute Gasteiger partial charge is 0.255 e. The van der Waals surface area contributed by atoms with Crippen molar-refractivity contribution in [1.29, 1.82) is 0 Å². The normalized spacial score (nSPS) is 14.8.